The van der Waals surface area contributed by atoms with Crippen LogP contribution in [0.1, 0.15) is 61.8 Å². The summed E-state index contributed by atoms with van der Waals surface area (Å²) in [6.07, 6.45) is 6.98. The van der Waals surface area contributed by atoms with E-state index in [-0.39, 0.29) is 24.4 Å². The highest BCUT2D eigenvalue weighted by atomic mass is 16.2. The molecule has 4 amide bonds. The van der Waals surface area contributed by atoms with Crippen LogP contribution < -0.4 is 5.32 Å². The molecule has 0 unspecified atom stereocenters. The summed E-state index contributed by atoms with van der Waals surface area (Å²) in [7, 11) is 0. The zero-order chi connectivity index (χ0) is 27.4. The number of hydrogen-bond donors (Lipinski definition) is 1. The molecule has 3 aliphatic rings. The van der Waals surface area contributed by atoms with Gasteiger partial charge in [0.15, 0.2) is 0 Å². The Morgan fingerprint density at radius 3 is 2.54 bits per heavy atom. The minimum absolute atomic E-state index is 0.0651. The summed E-state index contributed by atoms with van der Waals surface area (Å²) in [5.74, 6) is -0.228. The van der Waals surface area contributed by atoms with Crippen LogP contribution in [-0.4, -0.2) is 70.0 Å². The van der Waals surface area contributed by atoms with E-state index in [2.05, 4.69) is 11.4 Å². The predicted molar refractivity (Wildman–Crippen MR) is 150 cm³/mol. The zero-order valence-electron chi connectivity index (χ0n) is 23.0. The number of hydrogen-bond acceptors (Lipinski definition) is 4. The fourth-order valence-electron chi connectivity index (χ4n) is 5.94. The van der Waals surface area contributed by atoms with Gasteiger partial charge in [0.25, 0.3) is 5.91 Å². The molecule has 2 heterocycles. The first-order valence-electron chi connectivity index (χ1n) is 14.2. The van der Waals surface area contributed by atoms with Crippen LogP contribution in [0.5, 0.6) is 0 Å². The van der Waals surface area contributed by atoms with E-state index < -0.39 is 12.2 Å². The molecule has 2 aromatic carbocycles. The molecule has 2 aromatic rings. The van der Waals surface area contributed by atoms with Gasteiger partial charge in [0.05, 0.1) is 13.1 Å². The van der Waals surface area contributed by atoms with E-state index in [9.17, 15) is 14.4 Å². The van der Waals surface area contributed by atoms with Crippen LogP contribution >= 0.6 is 0 Å². The Hall–Kier alpha value is -3.65. The number of benzene rings is 2. The van der Waals surface area contributed by atoms with Crippen molar-refractivity contribution in [3.8, 4) is 0 Å². The average molecular weight is 530 g/mol. The molecule has 5 rings (SSSR count). The SMILES string of the molecule is CCCN(C(=O)NCC1=CCCCC1)N1CC(=O)N2[C@@H](c3ccccc3)C(=O)N(Cc3ccccc3C)C[C@@H]21. The monoisotopic (exact) mass is 529 g/mol. The lowest BCUT2D eigenvalue weighted by Gasteiger charge is -2.46. The number of urea groups is 1. The summed E-state index contributed by atoms with van der Waals surface area (Å²) >= 11 is 0. The van der Waals surface area contributed by atoms with Crippen molar-refractivity contribution in [1.82, 2.24) is 25.1 Å². The lowest BCUT2D eigenvalue weighted by molar-refractivity contribution is -0.158. The van der Waals surface area contributed by atoms with Crippen molar-refractivity contribution >= 4 is 17.8 Å². The van der Waals surface area contributed by atoms with Crippen LogP contribution in [0.4, 0.5) is 4.79 Å². The van der Waals surface area contributed by atoms with Crippen molar-refractivity contribution in [2.75, 3.05) is 26.2 Å². The lowest BCUT2D eigenvalue weighted by Crippen LogP contribution is -2.63. The molecule has 0 radical (unpaired) electrons. The minimum atomic E-state index is -0.731. The van der Waals surface area contributed by atoms with Gasteiger partial charge in [0.2, 0.25) is 5.91 Å². The van der Waals surface area contributed by atoms with Crippen molar-refractivity contribution in [2.24, 2.45) is 0 Å². The second-order valence-electron chi connectivity index (χ2n) is 10.7. The first-order valence-corrected chi connectivity index (χ1v) is 14.2. The molecule has 1 aliphatic carbocycles. The maximum absolute atomic E-state index is 14.0. The summed E-state index contributed by atoms with van der Waals surface area (Å²) in [6, 6.07) is 16.6. The van der Waals surface area contributed by atoms with E-state index in [1.54, 1.807) is 9.91 Å². The third-order valence-corrected chi connectivity index (χ3v) is 8.03. The van der Waals surface area contributed by atoms with Gasteiger partial charge in [-0.3, -0.25) is 14.6 Å². The van der Waals surface area contributed by atoms with Gasteiger partial charge in [-0.2, -0.15) is 5.01 Å². The largest absolute Gasteiger partial charge is 0.333 e. The second-order valence-corrected chi connectivity index (χ2v) is 10.7. The predicted octanol–water partition coefficient (Wildman–Crippen LogP) is 4.39. The number of hydrazine groups is 1. The number of carbonyl (C=O) groups is 3. The third kappa shape index (κ3) is 5.71. The number of rotatable bonds is 8. The summed E-state index contributed by atoms with van der Waals surface area (Å²) in [5, 5.41) is 6.67. The fraction of sp³-hybridized carbons (Fsp3) is 0.452. The molecular formula is C31H39N5O3. The highest BCUT2D eigenvalue weighted by Crippen LogP contribution is 2.36. The van der Waals surface area contributed by atoms with E-state index in [1.165, 1.54) is 12.0 Å². The van der Waals surface area contributed by atoms with Crippen LogP contribution in [0.3, 0.4) is 0 Å². The molecule has 39 heavy (non-hydrogen) atoms. The molecule has 2 aliphatic heterocycles. The molecule has 2 saturated heterocycles. The Kier molecular flexibility index (Phi) is 8.31. The number of allylic oxidation sites excluding steroid dienone is 1. The van der Waals surface area contributed by atoms with Gasteiger partial charge < -0.3 is 15.1 Å². The molecule has 8 heteroatoms. The maximum atomic E-state index is 14.0. The lowest BCUT2D eigenvalue weighted by atomic mass is 9.99. The molecular weight excluding hydrogens is 490 g/mol. The second kappa shape index (κ2) is 12.0. The smallest absolute Gasteiger partial charge is 0.332 e. The first-order chi connectivity index (χ1) is 19.0. The van der Waals surface area contributed by atoms with Crippen LogP contribution in [0.25, 0.3) is 0 Å². The summed E-state index contributed by atoms with van der Waals surface area (Å²) < 4.78 is 0. The summed E-state index contributed by atoms with van der Waals surface area (Å²) in [4.78, 5) is 44.6. The fourth-order valence-corrected chi connectivity index (χ4v) is 5.94. The molecule has 206 valence electrons. The van der Waals surface area contributed by atoms with E-state index in [1.807, 2.05) is 78.4 Å². The number of aryl methyl sites for hydroxylation is 1. The molecule has 2 fully saturated rings. The highest BCUT2D eigenvalue weighted by molar-refractivity contribution is 5.92. The Balaban J connectivity index is 1.44. The van der Waals surface area contributed by atoms with Crippen LogP contribution in [0.2, 0.25) is 0 Å². The van der Waals surface area contributed by atoms with Crippen molar-refractivity contribution in [2.45, 2.75) is 64.7 Å². The van der Waals surface area contributed by atoms with Gasteiger partial charge in [-0.05, 0) is 55.7 Å². The maximum Gasteiger partial charge on any atom is 0.332 e. The Labute approximate surface area is 231 Å². The van der Waals surface area contributed by atoms with Gasteiger partial charge >= 0.3 is 6.03 Å². The highest BCUT2D eigenvalue weighted by Gasteiger charge is 2.52. The first kappa shape index (κ1) is 26.9. The number of nitrogens with one attached hydrogen (secondary N) is 1. The van der Waals surface area contributed by atoms with E-state index in [4.69, 9.17) is 0 Å². The molecule has 0 spiro atoms. The van der Waals surface area contributed by atoms with Crippen molar-refractivity contribution in [3.63, 3.8) is 0 Å². The molecule has 0 aromatic heterocycles. The molecule has 0 bridgehead atoms. The van der Waals surface area contributed by atoms with E-state index >= 15 is 0 Å². The Morgan fingerprint density at radius 2 is 1.82 bits per heavy atom. The summed E-state index contributed by atoms with van der Waals surface area (Å²) in [5.41, 5.74) is 4.24. The van der Waals surface area contributed by atoms with Crippen LogP contribution in [0.15, 0.2) is 66.2 Å². The number of nitrogens with zero attached hydrogens (tertiary/aromatic N) is 4. The van der Waals surface area contributed by atoms with Crippen molar-refractivity contribution < 1.29 is 14.4 Å². The van der Waals surface area contributed by atoms with Gasteiger partial charge in [-0.15, -0.1) is 0 Å². The minimum Gasteiger partial charge on any atom is -0.333 e. The van der Waals surface area contributed by atoms with E-state index in [0.717, 1.165) is 42.4 Å². The molecule has 0 saturated carbocycles. The van der Waals surface area contributed by atoms with Gasteiger partial charge in [0, 0.05) is 19.6 Å². The zero-order valence-corrected chi connectivity index (χ0v) is 23.0. The van der Waals surface area contributed by atoms with Crippen LogP contribution in [-0.2, 0) is 16.1 Å². The average Bonchev–Trinajstić information content (AvgIpc) is 3.28. The molecule has 1 N–H and O–H groups in total. The third-order valence-electron chi connectivity index (χ3n) is 8.03. The van der Waals surface area contributed by atoms with Crippen molar-refractivity contribution in [3.05, 3.63) is 82.9 Å². The van der Waals surface area contributed by atoms with E-state index in [0.29, 0.717) is 26.2 Å². The number of carbonyl (C=O) groups excluding carboxylic acids is 3. The Bertz CT molecular complexity index is 1230. The van der Waals surface area contributed by atoms with Gasteiger partial charge in [-0.1, -0.05) is 73.2 Å². The normalized spacial score (nSPS) is 21.5. The molecule has 2 atom stereocenters. The quantitative estimate of drug-likeness (QED) is 0.515. The van der Waals surface area contributed by atoms with Crippen molar-refractivity contribution in [1.29, 1.82) is 0 Å². The van der Waals surface area contributed by atoms with Gasteiger partial charge in [-0.25, -0.2) is 4.79 Å². The standard InChI is InChI=1S/C31H39N5O3/c1-3-18-34(31(39)32-19-24-13-6-4-7-14-24)35-22-28(37)36-27(35)21-33(20-26-17-11-10-12-23(26)2)30(38)29(36)25-15-8-5-9-16-25/h5,8-13,15-17,27,29H,3-4,6-7,14,18-22H2,1-2H3,(H,32,39)/t27-,29+/m1/s1. The van der Waals surface area contributed by atoms with Gasteiger partial charge in [0.1, 0.15) is 12.2 Å². The number of piperazine rings is 1. The topological polar surface area (TPSA) is 76.2 Å². The van der Waals surface area contributed by atoms with Crippen LogP contribution in [0, 0.1) is 6.92 Å². The number of amides is 4. The Morgan fingerprint density at radius 1 is 1.05 bits per heavy atom. The summed E-state index contributed by atoms with van der Waals surface area (Å²) in [6.45, 7) is 5.95. The number of fused-ring (bicyclic) bond motifs is 1. The molecule has 8 nitrogen and oxygen atoms in total.